The Kier molecular flexibility index (Phi) is 4.96. The van der Waals surface area contributed by atoms with Crippen LogP contribution in [-0.2, 0) is 22.5 Å². The van der Waals surface area contributed by atoms with E-state index in [0.717, 1.165) is 12.0 Å². The maximum Gasteiger partial charge on any atom is 0.410 e. The minimum Gasteiger partial charge on any atom is -0.444 e. The number of ether oxygens (including phenoxy) is 1. The van der Waals surface area contributed by atoms with Crippen LogP contribution in [0.1, 0.15) is 44.9 Å². The molecule has 1 aromatic rings. The molecule has 1 atom stereocenters. The van der Waals surface area contributed by atoms with Gasteiger partial charge in [0.05, 0.1) is 12.2 Å². The molecule has 2 N–H and O–H groups in total. The summed E-state index contributed by atoms with van der Waals surface area (Å²) >= 11 is 6.12. The van der Waals surface area contributed by atoms with E-state index in [1.165, 1.54) is 0 Å². The fraction of sp³-hybridized carbons (Fsp3) is 0.647. The predicted octanol–water partition coefficient (Wildman–Crippen LogP) is 1.88. The van der Waals surface area contributed by atoms with Crippen LogP contribution in [0.25, 0.3) is 0 Å². The molecule has 9 heteroatoms. The molecule has 3 rings (SSSR count). The zero-order chi connectivity index (χ0) is 19.1. The van der Waals surface area contributed by atoms with Gasteiger partial charge >= 0.3 is 6.09 Å². The first kappa shape index (κ1) is 18.7. The Bertz CT molecular complexity index is 734. The molecule has 1 saturated heterocycles. The van der Waals surface area contributed by atoms with Crippen LogP contribution >= 0.6 is 11.6 Å². The monoisotopic (exact) mass is 381 g/mol. The highest BCUT2D eigenvalue weighted by molar-refractivity contribution is 6.28. The van der Waals surface area contributed by atoms with Crippen molar-refractivity contribution in [1.29, 1.82) is 0 Å². The summed E-state index contributed by atoms with van der Waals surface area (Å²) in [7, 11) is 0. The van der Waals surface area contributed by atoms with Gasteiger partial charge in [-0.1, -0.05) is 0 Å². The van der Waals surface area contributed by atoms with Gasteiger partial charge in [0.15, 0.2) is 0 Å². The predicted molar refractivity (Wildman–Crippen MR) is 97.0 cm³/mol. The Morgan fingerprint density at radius 2 is 2.00 bits per heavy atom. The lowest BCUT2D eigenvalue weighted by Crippen LogP contribution is -2.43. The first-order valence-corrected chi connectivity index (χ1v) is 9.12. The Morgan fingerprint density at radius 3 is 2.65 bits per heavy atom. The Hall–Kier alpha value is -2.09. The van der Waals surface area contributed by atoms with Crippen LogP contribution in [0, 0.1) is 0 Å². The van der Waals surface area contributed by atoms with Crippen molar-refractivity contribution < 1.29 is 14.3 Å². The summed E-state index contributed by atoms with van der Waals surface area (Å²) in [5.41, 5.74) is 6.58. The highest BCUT2D eigenvalue weighted by atomic mass is 35.5. The van der Waals surface area contributed by atoms with Gasteiger partial charge in [-0.3, -0.25) is 4.79 Å². The number of nitrogens with zero attached hydrogens (tertiary/aromatic N) is 4. The van der Waals surface area contributed by atoms with Gasteiger partial charge in [0.25, 0.3) is 0 Å². The Morgan fingerprint density at radius 1 is 1.27 bits per heavy atom. The van der Waals surface area contributed by atoms with E-state index in [-0.39, 0.29) is 23.3 Å². The van der Waals surface area contributed by atoms with Gasteiger partial charge in [-0.2, -0.15) is 0 Å². The van der Waals surface area contributed by atoms with E-state index >= 15 is 0 Å². The van der Waals surface area contributed by atoms with Crippen molar-refractivity contribution in [3.63, 3.8) is 0 Å². The lowest BCUT2D eigenvalue weighted by atomic mass is 10.0. The summed E-state index contributed by atoms with van der Waals surface area (Å²) in [4.78, 5) is 36.3. The molecule has 0 radical (unpaired) electrons. The number of fused-ring (bicyclic) bond motifs is 1. The number of anilines is 1. The normalized spacial score (nSPS) is 20.1. The molecule has 1 unspecified atom stereocenters. The number of rotatable bonds is 2. The number of nitrogens with two attached hydrogens (primary N) is 1. The number of carbonyl (C=O) groups excluding carboxylic acids is 2. The van der Waals surface area contributed by atoms with Crippen molar-refractivity contribution in [2.24, 2.45) is 5.73 Å². The van der Waals surface area contributed by atoms with Crippen LogP contribution in [0.4, 0.5) is 10.6 Å². The van der Waals surface area contributed by atoms with Crippen LogP contribution in [-0.4, -0.2) is 51.6 Å². The molecule has 0 spiro atoms. The topological polar surface area (TPSA) is 102 Å². The highest BCUT2D eigenvalue weighted by Crippen LogP contribution is 2.32. The van der Waals surface area contributed by atoms with Crippen molar-refractivity contribution >= 4 is 29.4 Å². The highest BCUT2D eigenvalue weighted by Gasteiger charge is 2.35. The summed E-state index contributed by atoms with van der Waals surface area (Å²) in [6.07, 6.45) is 1.77. The summed E-state index contributed by atoms with van der Waals surface area (Å²) in [5, 5.41) is 0.0971. The average Bonchev–Trinajstić information content (AvgIpc) is 3.01. The molecule has 1 aromatic heterocycles. The molecule has 26 heavy (non-hydrogen) atoms. The lowest BCUT2D eigenvalue weighted by Gasteiger charge is -2.33. The van der Waals surface area contributed by atoms with Gasteiger partial charge in [-0.25, -0.2) is 14.8 Å². The van der Waals surface area contributed by atoms with Crippen molar-refractivity contribution in [3.05, 3.63) is 16.5 Å². The maximum atomic E-state index is 12.3. The molecule has 0 bridgehead atoms. The quantitative estimate of drug-likeness (QED) is 0.785. The molecule has 2 aliphatic rings. The number of amides is 2. The van der Waals surface area contributed by atoms with Gasteiger partial charge in [0.2, 0.25) is 11.2 Å². The van der Waals surface area contributed by atoms with Crippen molar-refractivity contribution in [1.82, 2.24) is 14.9 Å². The number of hydrogen-bond acceptors (Lipinski definition) is 6. The number of carbonyl (C=O) groups is 2. The molecule has 2 amide bonds. The second-order valence-electron chi connectivity index (χ2n) is 7.65. The Balaban J connectivity index is 1.87. The van der Waals surface area contributed by atoms with E-state index in [1.807, 2.05) is 25.7 Å². The van der Waals surface area contributed by atoms with Gasteiger partial charge < -0.3 is 20.3 Å². The largest absolute Gasteiger partial charge is 0.444 e. The van der Waals surface area contributed by atoms with Crippen molar-refractivity contribution in [2.75, 3.05) is 18.0 Å². The number of aromatic nitrogens is 2. The Labute approximate surface area is 157 Å². The van der Waals surface area contributed by atoms with E-state index < -0.39 is 5.60 Å². The summed E-state index contributed by atoms with van der Waals surface area (Å²) in [5.74, 6) is 0.294. The van der Waals surface area contributed by atoms with Crippen molar-refractivity contribution in [3.8, 4) is 0 Å². The second-order valence-corrected chi connectivity index (χ2v) is 7.99. The van der Waals surface area contributed by atoms with Crippen LogP contribution in [0.2, 0.25) is 5.28 Å². The maximum absolute atomic E-state index is 12.3. The molecule has 1 fully saturated rings. The summed E-state index contributed by atoms with van der Waals surface area (Å²) < 4.78 is 5.44. The third-order valence-corrected chi connectivity index (χ3v) is 4.69. The fourth-order valence-electron chi connectivity index (χ4n) is 3.42. The first-order valence-electron chi connectivity index (χ1n) is 8.75. The minimum absolute atomic E-state index is 0.0971. The van der Waals surface area contributed by atoms with Crippen molar-refractivity contribution in [2.45, 2.75) is 58.2 Å². The number of hydrogen-bond donors (Lipinski definition) is 1. The second kappa shape index (κ2) is 6.90. The molecule has 142 valence electrons. The third-order valence-electron chi connectivity index (χ3n) is 4.52. The molecule has 2 aliphatic heterocycles. The van der Waals surface area contributed by atoms with E-state index in [2.05, 4.69) is 9.97 Å². The van der Waals surface area contributed by atoms with Gasteiger partial charge in [0.1, 0.15) is 17.5 Å². The van der Waals surface area contributed by atoms with Gasteiger partial charge in [-0.05, 0) is 51.6 Å². The third kappa shape index (κ3) is 3.85. The van der Waals surface area contributed by atoms with Crippen LogP contribution in [0.15, 0.2) is 0 Å². The van der Waals surface area contributed by atoms with Crippen LogP contribution < -0.4 is 10.6 Å². The van der Waals surface area contributed by atoms with Gasteiger partial charge in [0, 0.05) is 18.7 Å². The van der Waals surface area contributed by atoms with E-state index in [0.29, 0.717) is 44.0 Å². The van der Waals surface area contributed by atoms with E-state index in [9.17, 15) is 9.59 Å². The molecule has 8 nitrogen and oxygen atoms in total. The van der Waals surface area contributed by atoms with Gasteiger partial charge in [-0.15, -0.1) is 0 Å². The smallest absolute Gasteiger partial charge is 0.410 e. The number of primary amides is 1. The molecule has 3 heterocycles. The molecule has 0 aromatic carbocycles. The SMILES string of the molecule is CC(C)(C)OC(=O)N1CCc2c(nc(Cl)nc2N2CCCC2C(N)=O)C1. The zero-order valence-corrected chi connectivity index (χ0v) is 16.0. The molecular formula is C17H24ClN5O3. The van der Waals surface area contributed by atoms with Crippen LogP contribution in [0.5, 0.6) is 0 Å². The standard InChI is InChI=1S/C17H24ClN5O3/c1-17(2,3)26-16(25)22-8-6-10-11(9-22)20-15(18)21-14(10)23-7-4-5-12(23)13(19)24/h12H,4-9H2,1-3H3,(H2,19,24). The fourth-order valence-corrected chi connectivity index (χ4v) is 3.60. The first-order chi connectivity index (χ1) is 12.2. The molecule has 0 saturated carbocycles. The average molecular weight is 382 g/mol. The molecular weight excluding hydrogens is 358 g/mol. The van der Waals surface area contributed by atoms with Crippen LogP contribution in [0.3, 0.4) is 0 Å². The number of halogens is 1. The zero-order valence-electron chi connectivity index (χ0n) is 15.3. The lowest BCUT2D eigenvalue weighted by molar-refractivity contribution is -0.119. The van der Waals surface area contributed by atoms with E-state index in [4.69, 9.17) is 22.1 Å². The minimum atomic E-state index is -0.559. The molecule has 0 aliphatic carbocycles. The summed E-state index contributed by atoms with van der Waals surface area (Å²) in [6, 6.07) is -0.381. The van der Waals surface area contributed by atoms with E-state index in [1.54, 1.807) is 4.90 Å². The summed E-state index contributed by atoms with van der Waals surface area (Å²) in [6.45, 7) is 6.98.